The maximum absolute atomic E-state index is 13.1. The Morgan fingerprint density at radius 1 is 1.11 bits per heavy atom. The molecule has 144 valence electrons. The number of carbonyl (C=O) groups is 2. The van der Waals surface area contributed by atoms with Gasteiger partial charge in [0.05, 0.1) is 25.7 Å². The van der Waals surface area contributed by atoms with E-state index in [0.717, 1.165) is 19.4 Å². The standard InChI is InChI=1S/C20H25N3O3S/c24-19(21-9-11-26-12-10-21)16-4-1-8-23(14-16)20(25)18-6-2-7-22(18)15-17-5-3-13-27-17/h2-3,5-7,13,16H,1,4,8-12,14-15H2. The predicted molar refractivity (Wildman–Crippen MR) is 104 cm³/mol. The maximum atomic E-state index is 13.1. The molecule has 0 aliphatic carbocycles. The molecule has 0 bridgehead atoms. The Hall–Kier alpha value is -2.12. The van der Waals surface area contributed by atoms with Gasteiger partial charge in [-0.05, 0) is 36.4 Å². The molecular formula is C20H25N3O3S. The fourth-order valence-electron chi connectivity index (χ4n) is 3.88. The molecule has 1 atom stereocenters. The summed E-state index contributed by atoms with van der Waals surface area (Å²) in [6.07, 6.45) is 3.68. The molecule has 2 fully saturated rings. The van der Waals surface area contributed by atoms with Crippen LogP contribution in [0.25, 0.3) is 0 Å². The van der Waals surface area contributed by atoms with Crippen molar-refractivity contribution in [2.45, 2.75) is 19.4 Å². The molecule has 27 heavy (non-hydrogen) atoms. The number of thiophene rings is 1. The molecule has 2 aliphatic heterocycles. The van der Waals surface area contributed by atoms with Gasteiger partial charge < -0.3 is 19.1 Å². The van der Waals surface area contributed by atoms with Gasteiger partial charge in [0.25, 0.3) is 5.91 Å². The number of hydrogen-bond acceptors (Lipinski definition) is 4. The van der Waals surface area contributed by atoms with Crippen molar-refractivity contribution in [2.24, 2.45) is 5.92 Å². The molecule has 4 rings (SSSR count). The Balaban J connectivity index is 1.43. The number of carbonyl (C=O) groups excluding carboxylic acids is 2. The minimum Gasteiger partial charge on any atom is -0.378 e. The van der Waals surface area contributed by atoms with E-state index in [0.29, 0.717) is 45.1 Å². The third-order valence-electron chi connectivity index (χ3n) is 5.34. The van der Waals surface area contributed by atoms with E-state index in [1.807, 2.05) is 44.1 Å². The summed E-state index contributed by atoms with van der Waals surface area (Å²) < 4.78 is 7.34. The van der Waals surface area contributed by atoms with Crippen LogP contribution in [0.5, 0.6) is 0 Å². The van der Waals surface area contributed by atoms with Crippen molar-refractivity contribution in [2.75, 3.05) is 39.4 Å². The van der Waals surface area contributed by atoms with Crippen LogP contribution in [0.15, 0.2) is 35.8 Å². The van der Waals surface area contributed by atoms with Crippen molar-refractivity contribution in [1.29, 1.82) is 0 Å². The molecule has 2 saturated heterocycles. The lowest BCUT2D eigenvalue weighted by Gasteiger charge is -2.36. The molecule has 0 saturated carbocycles. The van der Waals surface area contributed by atoms with E-state index in [2.05, 4.69) is 6.07 Å². The number of aromatic nitrogens is 1. The molecule has 0 aromatic carbocycles. The molecule has 7 heteroatoms. The number of likely N-dealkylation sites (tertiary alicyclic amines) is 1. The van der Waals surface area contributed by atoms with Crippen LogP contribution in [0.1, 0.15) is 28.2 Å². The molecule has 4 heterocycles. The smallest absolute Gasteiger partial charge is 0.270 e. The van der Waals surface area contributed by atoms with Crippen LogP contribution in [-0.2, 0) is 16.1 Å². The number of ether oxygens (including phenoxy) is 1. The van der Waals surface area contributed by atoms with Gasteiger partial charge in [-0.15, -0.1) is 11.3 Å². The van der Waals surface area contributed by atoms with Crippen LogP contribution in [0.3, 0.4) is 0 Å². The summed E-state index contributed by atoms with van der Waals surface area (Å²) in [6, 6.07) is 7.90. The van der Waals surface area contributed by atoms with Crippen LogP contribution in [0.4, 0.5) is 0 Å². The highest BCUT2D eigenvalue weighted by Gasteiger charge is 2.32. The van der Waals surface area contributed by atoms with Gasteiger partial charge in [-0.25, -0.2) is 0 Å². The fourth-order valence-corrected chi connectivity index (χ4v) is 4.59. The van der Waals surface area contributed by atoms with Crippen molar-refractivity contribution < 1.29 is 14.3 Å². The molecule has 2 aromatic rings. The zero-order valence-electron chi connectivity index (χ0n) is 15.4. The van der Waals surface area contributed by atoms with Crippen LogP contribution in [0.2, 0.25) is 0 Å². The number of nitrogens with zero attached hydrogens (tertiary/aromatic N) is 3. The number of morpholine rings is 1. The van der Waals surface area contributed by atoms with Gasteiger partial charge in [0.2, 0.25) is 5.91 Å². The monoisotopic (exact) mass is 387 g/mol. The van der Waals surface area contributed by atoms with Gasteiger partial charge >= 0.3 is 0 Å². The summed E-state index contributed by atoms with van der Waals surface area (Å²) in [4.78, 5) is 30.9. The lowest BCUT2D eigenvalue weighted by molar-refractivity contribution is -0.141. The Morgan fingerprint density at radius 3 is 2.74 bits per heavy atom. The number of piperidine rings is 1. The normalized spacial score (nSPS) is 20.7. The molecule has 2 aromatic heterocycles. The molecule has 0 N–H and O–H groups in total. The number of hydrogen-bond donors (Lipinski definition) is 0. The van der Waals surface area contributed by atoms with Crippen LogP contribution < -0.4 is 0 Å². The SMILES string of the molecule is O=C(c1cccn1Cc1cccs1)N1CCCC(C(=O)N2CCOCC2)C1. The molecule has 1 unspecified atom stereocenters. The van der Waals surface area contributed by atoms with E-state index in [1.165, 1.54) is 4.88 Å². The van der Waals surface area contributed by atoms with Crippen molar-refractivity contribution in [3.05, 3.63) is 46.4 Å². The summed E-state index contributed by atoms with van der Waals surface area (Å²) in [5.41, 5.74) is 0.697. The van der Waals surface area contributed by atoms with E-state index in [4.69, 9.17) is 4.74 Å². The van der Waals surface area contributed by atoms with Crippen molar-refractivity contribution in [3.8, 4) is 0 Å². The van der Waals surface area contributed by atoms with Gasteiger partial charge in [-0.1, -0.05) is 6.07 Å². The van der Waals surface area contributed by atoms with Gasteiger partial charge in [-0.2, -0.15) is 0 Å². The quantitative estimate of drug-likeness (QED) is 0.809. The summed E-state index contributed by atoms with van der Waals surface area (Å²) >= 11 is 1.69. The Labute approximate surface area is 163 Å². The third kappa shape index (κ3) is 4.09. The van der Waals surface area contributed by atoms with Gasteiger partial charge in [-0.3, -0.25) is 9.59 Å². The average molecular weight is 388 g/mol. The van der Waals surface area contributed by atoms with Gasteiger partial charge in [0, 0.05) is 37.3 Å². The molecule has 6 nitrogen and oxygen atoms in total. The Kier molecular flexibility index (Phi) is 5.59. The highest BCUT2D eigenvalue weighted by atomic mass is 32.1. The Bertz CT molecular complexity index is 780. The number of rotatable bonds is 4. The predicted octanol–water partition coefficient (Wildman–Crippen LogP) is 2.31. The molecule has 2 aliphatic rings. The highest BCUT2D eigenvalue weighted by Crippen LogP contribution is 2.22. The average Bonchev–Trinajstić information content (AvgIpc) is 3.40. The van der Waals surface area contributed by atoms with Gasteiger partial charge in [0.15, 0.2) is 0 Å². The summed E-state index contributed by atoms with van der Waals surface area (Å²) in [7, 11) is 0. The first kappa shape index (κ1) is 18.3. The summed E-state index contributed by atoms with van der Waals surface area (Å²) in [6.45, 7) is 4.47. The second kappa shape index (κ2) is 8.27. The third-order valence-corrected chi connectivity index (χ3v) is 6.20. The van der Waals surface area contributed by atoms with Crippen molar-refractivity contribution >= 4 is 23.2 Å². The van der Waals surface area contributed by atoms with E-state index in [1.54, 1.807) is 11.3 Å². The van der Waals surface area contributed by atoms with Crippen LogP contribution >= 0.6 is 11.3 Å². The lowest BCUT2D eigenvalue weighted by Crippen LogP contribution is -2.49. The summed E-state index contributed by atoms with van der Waals surface area (Å²) in [5.74, 6) is 0.0994. The largest absolute Gasteiger partial charge is 0.378 e. The second-order valence-corrected chi connectivity index (χ2v) is 8.16. The topological polar surface area (TPSA) is 54.8 Å². The van der Waals surface area contributed by atoms with Gasteiger partial charge in [0.1, 0.15) is 5.69 Å². The fraction of sp³-hybridized carbons (Fsp3) is 0.500. The minimum atomic E-state index is -0.0958. The van der Waals surface area contributed by atoms with Crippen LogP contribution in [-0.4, -0.2) is 65.6 Å². The van der Waals surface area contributed by atoms with E-state index in [-0.39, 0.29) is 17.7 Å². The number of amides is 2. The minimum absolute atomic E-state index is 0.0241. The van der Waals surface area contributed by atoms with E-state index < -0.39 is 0 Å². The first-order chi connectivity index (χ1) is 13.2. The summed E-state index contributed by atoms with van der Waals surface area (Å²) in [5, 5.41) is 2.05. The maximum Gasteiger partial charge on any atom is 0.270 e. The highest BCUT2D eigenvalue weighted by molar-refractivity contribution is 7.09. The molecule has 0 spiro atoms. The van der Waals surface area contributed by atoms with Crippen molar-refractivity contribution in [1.82, 2.24) is 14.4 Å². The van der Waals surface area contributed by atoms with Crippen molar-refractivity contribution in [3.63, 3.8) is 0 Å². The Morgan fingerprint density at radius 2 is 1.96 bits per heavy atom. The molecule has 0 radical (unpaired) electrons. The van der Waals surface area contributed by atoms with E-state index in [9.17, 15) is 9.59 Å². The first-order valence-electron chi connectivity index (χ1n) is 9.55. The zero-order valence-corrected chi connectivity index (χ0v) is 16.2. The van der Waals surface area contributed by atoms with E-state index >= 15 is 0 Å². The molecular weight excluding hydrogens is 362 g/mol. The lowest BCUT2D eigenvalue weighted by atomic mass is 9.96. The zero-order chi connectivity index (χ0) is 18.6. The first-order valence-corrected chi connectivity index (χ1v) is 10.4. The second-order valence-electron chi connectivity index (χ2n) is 7.13. The van der Waals surface area contributed by atoms with Crippen LogP contribution in [0, 0.1) is 5.92 Å². The molecule has 2 amide bonds.